The van der Waals surface area contributed by atoms with Crippen LogP contribution in [0.3, 0.4) is 0 Å². The summed E-state index contributed by atoms with van der Waals surface area (Å²) in [5.74, 6) is 0. The van der Waals surface area contributed by atoms with Gasteiger partial charge in [0.15, 0.2) is 0 Å². The van der Waals surface area contributed by atoms with Crippen LogP contribution in [0.4, 0.5) is 17.1 Å². The lowest BCUT2D eigenvalue weighted by molar-refractivity contribution is 0.365. The highest BCUT2D eigenvalue weighted by Gasteiger charge is 2.29. The van der Waals surface area contributed by atoms with E-state index in [1.807, 2.05) is 12.1 Å². The Labute approximate surface area is 206 Å². The number of anilines is 3. The zero-order valence-corrected chi connectivity index (χ0v) is 19.4. The quantitative estimate of drug-likeness (QED) is 0.401. The first kappa shape index (κ1) is 22.1. The summed E-state index contributed by atoms with van der Waals surface area (Å²) in [7, 11) is -0.636. The van der Waals surface area contributed by atoms with Crippen LogP contribution >= 0.6 is 0 Å². The van der Waals surface area contributed by atoms with E-state index in [0.717, 1.165) is 39.1 Å². The topological polar surface area (TPSA) is 40.2 Å². The first-order valence-corrected chi connectivity index (χ1v) is 12.0. The van der Waals surface area contributed by atoms with Crippen molar-refractivity contribution in [2.75, 3.05) is 31.3 Å². The Morgan fingerprint density at radius 3 is 1.54 bits per heavy atom. The minimum Gasteiger partial charge on any atom is -0.405 e. The third kappa shape index (κ3) is 4.64. The van der Waals surface area contributed by atoms with E-state index in [1.54, 1.807) is 0 Å². The molecular weight excluding hydrogens is 436 g/mol. The smallest absolute Gasteiger partial charge is 0.405 e. The van der Waals surface area contributed by atoms with Crippen molar-refractivity contribution in [3.63, 3.8) is 0 Å². The molecule has 0 aliphatic carbocycles. The second-order valence-corrected chi connectivity index (χ2v) is 8.55. The zero-order valence-electron chi connectivity index (χ0n) is 19.4. The molecule has 2 aliphatic heterocycles. The summed E-state index contributed by atoms with van der Waals surface area (Å²) in [6, 6.07) is 35.7. The van der Waals surface area contributed by atoms with Gasteiger partial charge in [0.05, 0.1) is 32.1 Å². The number of hydrogen-bond acceptors (Lipinski definition) is 5. The number of benzene rings is 4. The summed E-state index contributed by atoms with van der Waals surface area (Å²) in [6.07, 6.45) is 0. The molecule has 0 aromatic heterocycles. The number of para-hydroxylation sites is 2. The van der Waals surface area contributed by atoms with E-state index >= 15 is 0 Å². The minimum absolute atomic E-state index is 0.285. The summed E-state index contributed by atoms with van der Waals surface area (Å²) in [5, 5.41) is 0. The largest absolute Gasteiger partial charge is 0.494 e. The van der Waals surface area contributed by atoms with Gasteiger partial charge in [-0.2, -0.15) is 0 Å². The predicted octanol–water partition coefficient (Wildman–Crippen LogP) is 4.31. The Bertz CT molecular complexity index is 1220. The Morgan fingerprint density at radius 1 is 0.514 bits per heavy atom. The number of hydrogen-bond donors (Lipinski definition) is 0. The molecule has 4 aromatic carbocycles. The predicted molar refractivity (Wildman–Crippen MR) is 141 cm³/mol. The second kappa shape index (κ2) is 10.1. The molecule has 35 heavy (non-hydrogen) atoms. The van der Waals surface area contributed by atoms with E-state index in [0.29, 0.717) is 26.4 Å². The highest BCUT2D eigenvalue weighted by atomic mass is 16.6. The standard InChI is InChI=1S/C28H25B2NO4/c1-3-7-25(8-4-1)31(26-9-5-2-6-10-26)28-21-24(30-34-19-20-35-30)15-16-27(28)22-11-13-23(14-12-22)29-32-17-18-33-29/h1-16,21H,17-20H2. The van der Waals surface area contributed by atoms with Crippen molar-refractivity contribution < 1.29 is 18.6 Å². The molecule has 0 bridgehead atoms. The fourth-order valence-corrected chi connectivity index (χ4v) is 4.63. The van der Waals surface area contributed by atoms with Crippen LogP contribution in [0.5, 0.6) is 0 Å². The van der Waals surface area contributed by atoms with Gasteiger partial charge in [0.2, 0.25) is 0 Å². The third-order valence-corrected chi connectivity index (χ3v) is 6.30. The lowest BCUT2D eigenvalue weighted by atomic mass is 9.77. The Hall–Kier alpha value is -3.35. The first-order valence-electron chi connectivity index (χ1n) is 12.0. The number of rotatable bonds is 6. The monoisotopic (exact) mass is 461 g/mol. The molecule has 0 spiro atoms. The van der Waals surface area contributed by atoms with Crippen molar-refractivity contribution in [2.45, 2.75) is 0 Å². The van der Waals surface area contributed by atoms with Gasteiger partial charge in [-0.1, -0.05) is 72.8 Å². The van der Waals surface area contributed by atoms with Gasteiger partial charge in [0, 0.05) is 16.9 Å². The van der Waals surface area contributed by atoms with Gasteiger partial charge in [-0.25, -0.2) is 0 Å². The summed E-state index contributed by atoms with van der Waals surface area (Å²) >= 11 is 0. The third-order valence-electron chi connectivity index (χ3n) is 6.30. The molecule has 2 heterocycles. The Morgan fingerprint density at radius 2 is 1.00 bits per heavy atom. The van der Waals surface area contributed by atoms with Crippen LogP contribution in [0.1, 0.15) is 0 Å². The van der Waals surface area contributed by atoms with Crippen LogP contribution in [0.15, 0.2) is 103 Å². The van der Waals surface area contributed by atoms with Crippen molar-refractivity contribution >= 4 is 42.2 Å². The molecule has 172 valence electrons. The summed E-state index contributed by atoms with van der Waals surface area (Å²) < 4.78 is 23.0. The molecule has 7 heteroatoms. The molecule has 2 aliphatic rings. The SMILES string of the molecule is c1ccc(N(c2ccccc2)c2cc(B3OCCO3)ccc2-c2ccc(B3OCCO3)cc2)cc1. The summed E-state index contributed by atoms with van der Waals surface area (Å²) in [5.41, 5.74) is 7.46. The van der Waals surface area contributed by atoms with Gasteiger partial charge < -0.3 is 23.5 Å². The Kier molecular flexibility index (Phi) is 6.39. The van der Waals surface area contributed by atoms with Crippen LogP contribution in [0.25, 0.3) is 11.1 Å². The van der Waals surface area contributed by atoms with Gasteiger partial charge in [-0.05, 0) is 46.8 Å². The van der Waals surface area contributed by atoms with Gasteiger partial charge in [-0.3, -0.25) is 0 Å². The Balaban J connectivity index is 1.49. The highest BCUT2D eigenvalue weighted by Crippen LogP contribution is 2.40. The lowest BCUT2D eigenvalue weighted by Crippen LogP contribution is -2.32. The molecule has 6 rings (SSSR count). The first-order chi connectivity index (χ1) is 17.4. The van der Waals surface area contributed by atoms with Gasteiger partial charge in [0.1, 0.15) is 0 Å². The van der Waals surface area contributed by atoms with Crippen LogP contribution < -0.4 is 15.8 Å². The molecule has 2 saturated heterocycles. The molecule has 0 amide bonds. The normalized spacial score (nSPS) is 15.5. The van der Waals surface area contributed by atoms with Gasteiger partial charge in [0.25, 0.3) is 0 Å². The molecular formula is C28H25B2NO4. The average Bonchev–Trinajstić information content (AvgIpc) is 3.66. The lowest BCUT2D eigenvalue weighted by Gasteiger charge is -2.28. The van der Waals surface area contributed by atoms with Crippen molar-refractivity contribution in [3.05, 3.63) is 103 Å². The molecule has 0 atom stereocenters. The van der Waals surface area contributed by atoms with Crippen LogP contribution in [-0.2, 0) is 18.6 Å². The van der Waals surface area contributed by atoms with E-state index in [2.05, 4.69) is 95.9 Å². The van der Waals surface area contributed by atoms with Crippen molar-refractivity contribution in [2.24, 2.45) is 0 Å². The van der Waals surface area contributed by atoms with E-state index in [1.165, 1.54) is 0 Å². The van der Waals surface area contributed by atoms with E-state index in [-0.39, 0.29) is 14.2 Å². The molecule has 0 N–H and O–H groups in total. The second-order valence-electron chi connectivity index (χ2n) is 8.55. The average molecular weight is 461 g/mol. The van der Waals surface area contributed by atoms with E-state index in [4.69, 9.17) is 18.6 Å². The minimum atomic E-state index is -0.352. The van der Waals surface area contributed by atoms with E-state index in [9.17, 15) is 0 Å². The molecule has 2 fully saturated rings. The maximum Gasteiger partial charge on any atom is 0.494 e. The van der Waals surface area contributed by atoms with Crippen LogP contribution in [-0.4, -0.2) is 40.7 Å². The van der Waals surface area contributed by atoms with E-state index < -0.39 is 0 Å². The highest BCUT2D eigenvalue weighted by molar-refractivity contribution is 6.62. The fraction of sp³-hybridized carbons (Fsp3) is 0.143. The van der Waals surface area contributed by atoms with Crippen LogP contribution in [0, 0.1) is 0 Å². The van der Waals surface area contributed by atoms with Crippen molar-refractivity contribution in [1.29, 1.82) is 0 Å². The molecule has 0 unspecified atom stereocenters. The molecule has 5 nitrogen and oxygen atoms in total. The molecule has 4 aromatic rings. The fourth-order valence-electron chi connectivity index (χ4n) is 4.63. The van der Waals surface area contributed by atoms with Crippen molar-refractivity contribution in [1.82, 2.24) is 0 Å². The summed E-state index contributed by atoms with van der Waals surface area (Å²) in [6.45, 7) is 2.48. The van der Waals surface area contributed by atoms with Crippen LogP contribution in [0.2, 0.25) is 0 Å². The maximum absolute atomic E-state index is 5.83. The molecule has 0 saturated carbocycles. The maximum atomic E-state index is 5.83. The van der Waals surface area contributed by atoms with Gasteiger partial charge in [-0.15, -0.1) is 0 Å². The zero-order chi connectivity index (χ0) is 23.5. The van der Waals surface area contributed by atoms with Crippen molar-refractivity contribution in [3.8, 4) is 11.1 Å². The van der Waals surface area contributed by atoms with Gasteiger partial charge >= 0.3 is 14.2 Å². The molecule has 0 radical (unpaired) electrons. The summed E-state index contributed by atoms with van der Waals surface area (Å²) in [4.78, 5) is 2.28. The number of nitrogens with zero attached hydrogens (tertiary/aromatic N) is 1.